The first kappa shape index (κ1) is 15.2. The van der Waals surface area contributed by atoms with Crippen LogP contribution in [0, 0.1) is 27.7 Å². The van der Waals surface area contributed by atoms with Gasteiger partial charge in [0.05, 0.1) is 5.57 Å². The number of nitrogens with zero attached hydrogens (tertiary/aromatic N) is 1. The molecule has 0 unspecified atom stereocenters. The van der Waals surface area contributed by atoms with Gasteiger partial charge in [-0.25, -0.2) is 4.79 Å². The third kappa shape index (κ3) is 2.95. The van der Waals surface area contributed by atoms with Crippen LogP contribution in [-0.4, -0.2) is 11.7 Å². The Morgan fingerprint density at radius 1 is 0.913 bits per heavy atom. The van der Waals surface area contributed by atoms with Gasteiger partial charge in [-0.15, -0.1) is 0 Å². The normalized spacial score (nSPS) is 15.7. The van der Waals surface area contributed by atoms with Crippen LogP contribution in [-0.2, 0) is 9.63 Å². The Morgan fingerprint density at radius 3 is 2.13 bits per heavy atom. The lowest BCUT2D eigenvalue weighted by Crippen LogP contribution is -2.07. The lowest BCUT2D eigenvalue weighted by molar-refractivity contribution is -0.136. The molecule has 0 spiro atoms. The highest BCUT2D eigenvalue weighted by atomic mass is 16.7. The second kappa shape index (κ2) is 5.84. The highest BCUT2D eigenvalue weighted by Gasteiger charge is 2.27. The van der Waals surface area contributed by atoms with Crippen molar-refractivity contribution in [3.8, 4) is 0 Å². The Hall–Kier alpha value is -2.68. The maximum Gasteiger partial charge on any atom is 0.368 e. The van der Waals surface area contributed by atoms with Gasteiger partial charge in [-0.2, -0.15) is 0 Å². The summed E-state index contributed by atoms with van der Waals surface area (Å²) in [7, 11) is 0. The molecule has 0 bridgehead atoms. The SMILES string of the molecule is Cc1ccc(C2=NOC(=O)/C2=C\c2c(C)cc(C)cc2C)cc1. The fraction of sp³-hybridized carbons (Fsp3) is 0.200. The summed E-state index contributed by atoms with van der Waals surface area (Å²) < 4.78 is 0. The molecule has 0 radical (unpaired) electrons. The van der Waals surface area contributed by atoms with Crippen LogP contribution in [0.3, 0.4) is 0 Å². The minimum absolute atomic E-state index is 0.403. The fourth-order valence-electron chi connectivity index (χ4n) is 2.89. The number of carbonyl (C=O) groups is 1. The molecule has 0 N–H and O–H groups in total. The van der Waals surface area contributed by atoms with Crippen molar-refractivity contribution in [1.82, 2.24) is 0 Å². The summed E-state index contributed by atoms with van der Waals surface area (Å²) in [6.45, 7) is 8.20. The summed E-state index contributed by atoms with van der Waals surface area (Å²) >= 11 is 0. The first-order valence-electron chi connectivity index (χ1n) is 7.62. The minimum Gasteiger partial charge on any atom is -0.312 e. The Labute approximate surface area is 136 Å². The van der Waals surface area contributed by atoms with Gasteiger partial charge in [-0.1, -0.05) is 52.7 Å². The number of hydrogen-bond acceptors (Lipinski definition) is 3. The molecule has 0 amide bonds. The molecule has 0 saturated carbocycles. The van der Waals surface area contributed by atoms with Gasteiger partial charge in [0.2, 0.25) is 0 Å². The molecule has 0 atom stereocenters. The van der Waals surface area contributed by atoms with Gasteiger partial charge in [0, 0.05) is 5.56 Å². The first-order valence-corrected chi connectivity index (χ1v) is 7.62. The molecule has 3 heteroatoms. The van der Waals surface area contributed by atoms with Crippen molar-refractivity contribution in [2.45, 2.75) is 27.7 Å². The zero-order valence-corrected chi connectivity index (χ0v) is 13.8. The molecule has 0 aliphatic carbocycles. The Balaban J connectivity index is 2.08. The molecule has 0 saturated heterocycles. The predicted octanol–water partition coefficient (Wildman–Crippen LogP) is 4.26. The van der Waals surface area contributed by atoms with Crippen molar-refractivity contribution in [3.63, 3.8) is 0 Å². The van der Waals surface area contributed by atoms with Crippen molar-refractivity contribution in [2.24, 2.45) is 5.16 Å². The molecule has 2 aromatic carbocycles. The van der Waals surface area contributed by atoms with Crippen LogP contribution in [0.15, 0.2) is 47.1 Å². The second-order valence-electron chi connectivity index (χ2n) is 6.06. The van der Waals surface area contributed by atoms with Gasteiger partial charge in [-0.05, 0) is 50.5 Å². The highest BCUT2D eigenvalue weighted by molar-refractivity contribution is 6.31. The van der Waals surface area contributed by atoms with Gasteiger partial charge in [-0.3, -0.25) is 0 Å². The lowest BCUT2D eigenvalue weighted by atomic mass is 9.95. The zero-order valence-electron chi connectivity index (χ0n) is 13.8. The van der Waals surface area contributed by atoms with Crippen LogP contribution in [0.4, 0.5) is 0 Å². The Kier molecular flexibility index (Phi) is 3.87. The van der Waals surface area contributed by atoms with E-state index in [0.29, 0.717) is 11.3 Å². The van der Waals surface area contributed by atoms with Gasteiger partial charge in [0.15, 0.2) is 0 Å². The molecule has 116 valence electrons. The minimum atomic E-state index is -0.403. The summed E-state index contributed by atoms with van der Waals surface area (Å²) in [5.74, 6) is -0.403. The number of rotatable bonds is 2. The number of aryl methyl sites for hydroxylation is 4. The van der Waals surface area contributed by atoms with E-state index in [4.69, 9.17) is 4.84 Å². The van der Waals surface area contributed by atoms with E-state index in [9.17, 15) is 4.79 Å². The standard InChI is InChI=1S/C20H19NO2/c1-12-5-7-16(8-6-12)19-18(20(22)23-21-19)11-17-14(3)9-13(2)10-15(17)4/h5-11H,1-4H3/b18-11-. The molecule has 0 fully saturated rings. The summed E-state index contributed by atoms with van der Waals surface area (Å²) in [5, 5.41) is 3.97. The molecule has 2 aromatic rings. The maximum absolute atomic E-state index is 12.1. The van der Waals surface area contributed by atoms with Gasteiger partial charge >= 0.3 is 5.97 Å². The van der Waals surface area contributed by atoms with E-state index in [1.165, 1.54) is 5.56 Å². The third-order valence-corrected chi connectivity index (χ3v) is 4.05. The van der Waals surface area contributed by atoms with Gasteiger partial charge in [0.25, 0.3) is 0 Å². The van der Waals surface area contributed by atoms with E-state index < -0.39 is 5.97 Å². The summed E-state index contributed by atoms with van der Waals surface area (Å²) in [6.07, 6.45) is 1.89. The first-order chi connectivity index (χ1) is 11.0. The van der Waals surface area contributed by atoms with E-state index in [-0.39, 0.29) is 0 Å². The fourth-order valence-corrected chi connectivity index (χ4v) is 2.89. The molecule has 1 aliphatic rings. The second-order valence-corrected chi connectivity index (χ2v) is 6.06. The molecule has 23 heavy (non-hydrogen) atoms. The van der Waals surface area contributed by atoms with E-state index in [1.807, 2.05) is 37.3 Å². The quantitative estimate of drug-likeness (QED) is 0.614. The largest absolute Gasteiger partial charge is 0.368 e. The van der Waals surface area contributed by atoms with E-state index >= 15 is 0 Å². The predicted molar refractivity (Wildman–Crippen MR) is 92.4 cm³/mol. The van der Waals surface area contributed by atoms with Crippen molar-refractivity contribution in [1.29, 1.82) is 0 Å². The molecule has 3 nitrogen and oxygen atoms in total. The molecular formula is C20H19NO2. The molecule has 1 heterocycles. The average Bonchev–Trinajstić information content (AvgIpc) is 2.85. The van der Waals surface area contributed by atoms with Crippen LogP contribution < -0.4 is 0 Å². The Bertz CT molecular complexity index is 819. The van der Waals surface area contributed by atoms with Crippen molar-refractivity contribution in [2.75, 3.05) is 0 Å². The summed E-state index contributed by atoms with van der Waals surface area (Å²) in [6, 6.07) is 12.1. The van der Waals surface area contributed by atoms with Gasteiger partial charge < -0.3 is 4.84 Å². The van der Waals surface area contributed by atoms with Gasteiger partial charge in [0.1, 0.15) is 5.71 Å². The molecular weight excluding hydrogens is 286 g/mol. The number of hydrogen-bond donors (Lipinski definition) is 0. The number of carbonyl (C=O) groups excluding carboxylic acids is 1. The van der Waals surface area contributed by atoms with Crippen LogP contribution in [0.1, 0.15) is 33.4 Å². The van der Waals surface area contributed by atoms with Crippen molar-refractivity contribution < 1.29 is 9.63 Å². The van der Waals surface area contributed by atoms with E-state index in [2.05, 4.69) is 38.1 Å². The smallest absolute Gasteiger partial charge is 0.312 e. The highest BCUT2D eigenvalue weighted by Crippen LogP contribution is 2.25. The van der Waals surface area contributed by atoms with Crippen molar-refractivity contribution >= 4 is 17.8 Å². The van der Waals surface area contributed by atoms with E-state index in [0.717, 1.165) is 27.8 Å². The average molecular weight is 305 g/mol. The maximum atomic E-state index is 12.1. The third-order valence-electron chi connectivity index (χ3n) is 4.05. The number of oxime groups is 1. The summed E-state index contributed by atoms with van der Waals surface area (Å²) in [4.78, 5) is 17.0. The lowest BCUT2D eigenvalue weighted by Gasteiger charge is -2.08. The summed E-state index contributed by atoms with van der Waals surface area (Å²) in [5.41, 5.74) is 7.67. The van der Waals surface area contributed by atoms with Crippen LogP contribution in [0.2, 0.25) is 0 Å². The number of benzene rings is 2. The topological polar surface area (TPSA) is 38.7 Å². The van der Waals surface area contributed by atoms with Crippen LogP contribution >= 0.6 is 0 Å². The van der Waals surface area contributed by atoms with E-state index in [1.54, 1.807) is 0 Å². The monoisotopic (exact) mass is 305 g/mol. The zero-order chi connectivity index (χ0) is 16.6. The molecule has 3 rings (SSSR count). The Morgan fingerprint density at radius 2 is 1.52 bits per heavy atom. The van der Waals surface area contributed by atoms with Crippen molar-refractivity contribution in [3.05, 3.63) is 75.4 Å². The molecule has 0 aromatic heterocycles. The van der Waals surface area contributed by atoms with Crippen LogP contribution in [0.25, 0.3) is 6.08 Å². The molecule has 1 aliphatic heterocycles. The van der Waals surface area contributed by atoms with Crippen LogP contribution in [0.5, 0.6) is 0 Å².